The van der Waals surface area contributed by atoms with Gasteiger partial charge >= 0.3 is 0 Å². The van der Waals surface area contributed by atoms with Crippen molar-refractivity contribution in [2.45, 2.75) is 6.92 Å². The molecule has 17 heavy (non-hydrogen) atoms. The highest BCUT2D eigenvalue weighted by Crippen LogP contribution is 2.13. The molecule has 0 saturated carbocycles. The first kappa shape index (κ1) is 11.5. The van der Waals surface area contributed by atoms with E-state index < -0.39 is 0 Å². The molecule has 0 radical (unpaired) electrons. The number of ether oxygens (including phenoxy) is 1. The van der Waals surface area contributed by atoms with Crippen LogP contribution in [0, 0.1) is 6.92 Å². The average Bonchev–Trinajstić information content (AvgIpc) is 2.38. The van der Waals surface area contributed by atoms with Crippen molar-refractivity contribution in [3.8, 4) is 5.75 Å². The standard InChI is InChI=1S/C14H16N2O/c1-12-14(8-5-9-15-12)17-11-10-16-13-6-3-2-4-7-13/h2-9,16H,10-11H2,1H3. The Morgan fingerprint density at radius 2 is 1.94 bits per heavy atom. The number of aromatic nitrogens is 1. The monoisotopic (exact) mass is 228 g/mol. The second-order valence-electron chi connectivity index (χ2n) is 3.73. The smallest absolute Gasteiger partial charge is 0.140 e. The van der Waals surface area contributed by atoms with Crippen molar-refractivity contribution in [3.63, 3.8) is 0 Å². The Morgan fingerprint density at radius 1 is 1.12 bits per heavy atom. The highest BCUT2D eigenvalue weighted by Gasteiger charge is 1.98. The van der Waals surface area contributed by atoms with Crippen molar-refractivity contribution >= 4 is 5.69 Å². The van der Waals surface area contributed by atoms with Gasteiger partial charge in [0.2, 0.25) is 0 Å². The van der Waals surface area contributed by atoms with E-state index in [-0.39, 0.29) is 0 Å². The topological polar surface area (TPSA) is 34.1 Å². The molecule has 0 amide bonds. The van der Waals surface area contributed by atoms with Crippen LogP contribution in [0.2, 0.25) is 0 Å². The molecule has 1 aromatic carbocycles. The van der Waals surface area contributed by atoms with Crippen molar-refractivity contribution in [1.29, 1.82) is 0 Å². The Balaban J connectivity index is 1.76. The Labute approximate surface area is 101 Å². The predicted octanol–water partition coefficient (Wildman–Crippen LogP) is 2.88. The molecule has 88 valence electrons. The number of rotatable bonds is 5. The summed E-state index contributed by atoms with van der Waals surface area (Å²) >= 11 is 0. The van der Waals surface area contributed by atoms with Gasteiger partial charge in [0.25, 0.3) is 0 Å². The maximum atomic E-state index is 5.63. The van der Waals surface area contributed by atoms with Gasteiger partial charge in [-0.25, -0.2) is 0 Å². The normalized spacial score (nSPS) is 9.94. The van der Waals surface area contributed by atoms with Gasteiger partial charge in [-0.2, -0.15) is 0 Å². The first-order chi connectivity index (χ1) is 8.36. The van der Waals surface area contributed by atoms with Crippen LogP contribution in [0.1, 0.15) is 5.69 Å². The van der Waals surface area contributed by atoms with E-state index in [4.69, 9.17) is 4.74 Å². The SMILES string of the molecule is Cc1ncccc1OCCNc1ccccc1. The number of hydrogen-bond acceptors (Lipinski definition) is 3. The summed E-state index contributed by atoms with van der Waals surface area (Å²) in [7, 11) is 0. The van der Waals surface area contributed by atoms with Crippen molar-refractivity contribution in [2.75, 3.05) is 18.5 Å². The first-order valence-electron chi connectivity index (χ1n) is 5.69. The van der Waals surface area contributed by atoms with Gasteiger partial charge in [-0.1, -0.05) is 18.2 Å². The highest BCUT2D eigenvalue weighted by atomic mass is 16.5. The molecule has 2 rings (SSSR count). The van der Waals surface area contributed by atoms with Crippen LogP contribution in [0.3, 0.4) is 0 Å². The van der Waals surface area contributed by atoms with Crippen molar-refractivity contribution in [1.82, 2.24) is 4.98 Å². The maximum Gasteiger partial charge on any atom is 0.140 e. The molecule has 2 aromatic rings. The Kier molecular flexibility index (Phi) is 3.97. The van der Waals surface area contributed by atoms with Crippen LogP contribution in [0.15, 0.2) is 48.7 Å². The quantitative estimate of drug-likeness (QED) is 0.799. The summed E-state index contributed by atoms with van der Waals surface area (Å²) < 4.78 is 5.63. The van der Waals surface area contributed by atoms with E-state index in [1.807, 2.05) is 49.4 Å². The number of pyridine rings is 1. The Morgan fingerprint density at radius 3 is 2.71 bits per heavy atom. The van der Waals surface area contributed by atoms with Gasteiger partial charge in [-0.3, -0.25) is 4.98 Å². The van der Waals surface area contributed by atoms with Crippen LogP contribution in [-0.2, 0) is 0 Å². The number of aryl methyl sites for hydroxylation is 1. The fourth-order valence-electron chi connectivity index (χ4n) is 1.53. The minimum Gasteiger partial charge on any atom is -0.490 e. The number of nitrogens with zero attached hydrogens (tertiary/aromatic N) is 1. The zero-order chi connectivity index (χ0) is 11.9. The van der Waals surface area contributed by atoms with Crippen molar-refractivity contribution in [3.05, 3.63) is 54.4 Å². The molecule has 0 atom stereocenters. The minimum absolute atomic E-state index is 0.626. The van der Waals surface area contributed by atoms with E-state index in [0.29, 0.717) is 6.61 Å². The molecule has 3 nitrogen and oxygen atoms in total. The third-order valence-corrected chi connectivity index (χ3v) is 2.42. The lowest BCUT2D eigenvalue weighted by Crippen LogP contribution is -2.11. The van der Waals surface area contributed by atoms with Gasteiger partial charge in [0, 0.05) is 18.4 Å². The fourth-order valence-corrected chi connectivity index (χ4v) is 1.53. The molecule has 0 saturated heterocycles. The minimum atomic E-state index is 0.626. The van der Waals surface area contributed by atoms with Crippen LogP contribution in [0.4, 0.5) is 5.69 Å². The lowest BCUT2D eigenvalue weighted by atomic mass is 10.3. The predicted molar refractivity (Wildman–Crippen MR) is 69.4 cm³/mol. The van der Waals surface area contributed by atoms with E-state index in [1.54, 1.807) is 6.20 Å². The largest absolute Gasteiger partial charge is 0.490 e. The summed E-state index contributed by atoms with van der Waals surface area (Å²) in [6.45, 7) is 3.35. The number of hydrogen-bond donors (Lipinski definition) is 1. The average molecular weight is 228 g/mol. The molecule has 0 bridgehead atoms. The van der Waals surface area contributed by atoms with Gasteiger partial charge in [-0.15, -0.1) is 0 Å². The molecule has 1 aromatic heterocycles. The molecule has 0 aliphatic rings. The maximum absolute atomic E-state index is 5.63. The van der Waals surface area contributed by atoms with E-state index in [2.05, 4.69) is 10.3 Å². The van der Waals surface area contributed by atoms with Crippen LogP contribution in [0.25, 0.3) is 0 Å². The summed E-state index contributed by atoms with van der Waals surface area (Å²) in [4.78, 5) is 4.17. The zero-order valence-corrected chi connectivity index (χ0v) is 9.89. The van der Waals surface area contributed by atoms with Gasteiger partial charge in [-0.05, 0) is 31.2 Å². The summed E-state index contributed by atoms with van der Waals surface area (Å²) in [6.07, 6.45) is 1.77. The number of benzene rings is 1. The van der Waals surface area contributed by atoms with Gasteiger partial charge < -0.3 is 10.1 Å². The Hall–Kier alpha value is -2.03. The van der Waals surface area contributed by atoms with Crippen LogP contribution in [-0.4, -0.2) is 18.1 Å². The molecule has 1 N–H and O–H groups in total. The van der Waals surface area contributed by atoms with Crippen LogP contribution < -0.4 is 10.1 Å². The van der Waals surface area contributed by atoms with E-state index in [9.17, 15) is 0 Å². The van der Waals surface area contributed by atoms with E-state index in [1.165, 1.54) is 0 Å². The summed E-state index contributed by atoms with van der Waals surface area (Å²) in [5.41, 5.74) is 2.03. The molecular formula is C14H16N2O. The van der Waals surface area contributed by atoms with Crippen molar-refractivity contribution < 1.29 is 4.74 Å². The lowest BCUT2D eigenvalue weighted by Gasteiger charge is -2.09. The molecule has 0 fully saturated rings. The second kappa shape index (κ2) is 5.89. The summed E-state index contributed by atoms with van der Waals surface area (Å²) in [5.74, 6) is 0.849. The van der Waals surface area contributed by atoms with Gasteiger partial charge in [0.05, 0.1) is 5.69 Å². The van der Waals surface area contributed by atoms with Crippen LogP contribution >= 0.6 is 0 Å². The van der Waals surface area contributed by atoms with E-state index in [0.717, 1.165) is 23.7 Å². The fraction of sp³-hybridized carbons (Fsp3) is 0.214. The molecule has 0 aliphatic heterocycles. The molecule has 3 heteroatoms. The molecule has 0 spiro atoms. The number of nitrogens with one attached hydrogen (secondary N) is 1. The third-order valence-electron chi connectivity index (χ3n) is 2.42. The molecule has 0 aliphatic carbocycles. The van der Waals surface area contributed by atoms with Gasteiger partial charge in [0.15, 0.2) is 0 Å². The Bertz CT molecular complexity index is 457. The molecule has 1 heterocycles. The van der Waals surface area contributed by atoms with E-state index >= 15 is 0 Å². The third kappa shape index (κ3) is 3.48. The number of anilines is 1. The lowest BCUT2D eigenvalue weighted by molar-refractivity contribution is 0.329. The summed E-state index contributed by atoms with van der Waals surface area (Å²) in [5, 5.41) is 3.29. The zero-order valence-electron chi connectivity index (χ0n) is 9.89. The molecular weight excluding hydrogens is 212 g/mol. The highest BCUT2D eigenvalue weighted by molar-refractivity contribution is 5.42. The molecule has 0 unspecified atom stereocenters. The van der Waals surface area contributed by atoms with Crippen molar-refractivity contribution in [2.24, 2.45) is 0 Å². The van der Waals surface area contributed by atoms with Crippen LogP contribution in [0.5, 0.6) is 5.75 Å². The first-order valence-corrected chi connectivity index (χ1v) is 5.69. The second-order valence-corrected chi connectivity index (χ2v) is 3.73. The number of para-hydroxylation sites is 1. The van der Waals surface area contributed by atoms with Gasteiger partial charge in [0.1, 0.15) is 12.4 Å². The summed E-state index contributed by atoms with van der Waals surface area (Å²) in [6, 6.07) is 13.9.